The molecule has 2 aromatic rings. The summed E-state index contributed by atoms with van der Waals surface area (Å²) in [7, 11) is 0. The van der Waals surface area contributed by atoms with Crippen LogP contribution in [0.5, 0.6) is 0 Å². The van der Waals surface area contributed by atoms with Gasteiger partial charge in [-0.15, -0.1) is 0 Å². The minimum atomic E-state index is -0.177. The molecule has 0 radical (unpaired) electrons. The van der Waals surface area contributed by atoms with Crippen molar-refractivity contribution < 1.29 is 4.79 Å². The second-order valence-electron chi connectivity index (χ2n) is 7.45. The van der Waals surface area contributed by atoms with Gasteiger partial charge < -0.3 is 5.32 Å². The molecule has 0 saturated heterocycles. The van der Waals surface area contributed by atoms with Gasteiger partial charge >= 0.3 is 0 Å². The number of halogens is 1. The summed E-state index contributed by atoms with van der Waals surface area (Å²) < 4.78 is 1.65. The Hall–Kier alpha value is -1.79. The number of nitrogens with one attached hydrogen (secondary N) is 1. The first-order valence-corrected chi connectivity index (χ1v) is 9.88. The maximum Gasteiger partial charge on any atom is 0.254 e. The summed E-state index contributed by atoms with van der Waals surface area (Å²) in [4.78, 5) is 29.5. The Bertz CT molecular complexity index is 872. The van der Waals surface area contributed by atoms with E-state index in [0.717, 1.165) is 11.3 Å². The highest BCUT2D eigenvalue weighted by molar-refractivity contribution is 7.99. The van der Waals surface area contributed by atoms with Crippen molar-refractivity contribution in [3.05, 3.63) is 57.0 Å². The molecule has 0 bridgehead atoms. The third-order valence-corrected chi connectivity index (χ3v) is 5.63. The smallest absolute Gasteiger partial charge is 0.254 e. The van der Waals surface area contributed by atoms with E-state index >= 15 is 0 Å². The van der Waals surface area contributed by atoms with Crippen LogP contribution in [0.15, 0.2) is 40.3 Å². The van der Waals surface area contributed by atoms with Gasteiger partial charge in [-0.05, 0) is 17.7 Å². The summed E-state index contributed by atoms with van der Waals surface area (Å²) in [5.41, 5.74) is 1.51. The highest BCUT2D eigenvalue weighted by Crippen LogP contribution is 2.33. The van der Waals surface area contributed by atoms with Crippen molar-refractivity contribution >= 4 is 29.3 Å². The van der Waals surface area contributed by atoms with Gasteiger partial charge in [0.2, 0.25) is 5.91 Å². The fourth-order valence-corrected chi connectivity index (χ4v) is 4.05. The minimum absolute atomic E-state index is 0.0785. The molecule has 3 rings (SSSR count). The number of carbonyl (C=O) groups is 1. The quantitative estimate of drug-likeness (QED) is 0.809. The van der Waals surface area contributed by atoms with E-state index in [4.69, 9.17) is 11.6 Å². The molecule has 138 valence electrons. The molecular weight excluding hydrogens is 370 g/mol. The predicted molar refractivity (Wildman–Crippen MR) is 105 cm³/mol. The Morgan fingerprint density at radius 2 is 2.04 bits per heavy atom. The lowest BCUT2D eigenvalue weighted by Crippen LogP contribution is -2.31. The van der Waals surface area contributed by atoms with Crippen molar-refractivity contribution in [2.75, 3.05) is 5.75 Å². The first-order valence-electron chi connectivity index (χ1n) is 8.52. The van der Waals surface area contributed by atoms with Gasteiger partial charge in [0.05, 0.1) is 11.7 Å². The molecule has 1 aliphatic rings. The number of hydrogen-bond acceptors (Lipinski definition) is 4. The zero-order valence-corrected chi connectivity index (χ0v) is 16.7. The number of aromatic nitrogens is 2. The number of fused-ring (bicyclic) bond motifs is 1. The summed E-state index contributed by atoms with van der Waals surface area (Å²) in [5.74, 6) is 0.606. The molecule has 0 fully saturated rings. The van der Waals surface area contributed by atoms with E-state index in [-0.39, 0.29) is 29.3 Å². The SMILES string of the molecule is CC(C)(C)c1cc(=O)n2c(n1)SCC2CC(=O)NCc1ccc(Cl)cc1. The molecule has 5 nitrogen and oxygen atoms in total. The molecule has 0 spiro atoms. The molecule has 2 heterocycles. The topological polar surface area (TPSA) is 64.0 Å². The standard InChI is InChI=1S/C19H22ClN3O2S/c1-19(2,3)15-9-17(25)23-14(11-26-18(23)22-15)8-16(24)21-10-12-4-6-13(20)7-5-12/h4-7,9,14H,8,10-11H2,1-3H3,(H,21,24). The fourth-order valence-electron chi connectivity index (χ4n) is 2.78. The van der Waals surface area contributed by atoms with Crippen LogP contribution in [-0.4, -0.2) is 21.2 Å². The van der Waals surface area contributed by atoms with Gasteiger partial charge in [-0.3, -0.25) is 14.2 Å². The van der Waals surface area contributed by atoms with Gasteiger partial charge in [0.15, 0.2) is 5.16 Å². The van der Waals surface area contributed by atoms with Crippen LogP contribution in [-0.2, 0) is 16.8 Å². The van der Waals surface area contributed by atoms with Crippen molar-refractivity contribution in [3.8, 4) is 0 Å². The van der Waals surface area contributed by atoms with Crippen LogP contribution in [0.25, 0.3) is 0 Å². The Labute approximate surface area is 162 Å². The van der Waals surface area contributed by atoms with Crippen LogP contribution in [0, 0.1) is 0 Å². The summed E-state index contributed by atoms with van der Waals surface area (Å²) in [6, 6.07) is 8.79. The van der Waals surface area contributed by atoms with E-state index in [1.807, 2.05) is 32.9 Å². The number of benzene rings is 1. The zero-order valence-electron chi connectivity index (χ0n) is 15.1. The van der Waals surface area contributed by atoms with Crippen molar-refractivity contribution in [1.29, 1.82) is 0 Å². The van der Waals surface area contributed by atoms with E-state index < -0.39 is 0 Å². The van der Waals surface area contributed by atoms with Gasteiger partial charge in [-0.2, -0.15) is 0 Å². The number of carbonyl (C=O) groups excluding carboxylic acids is 1. The van der Waals surface area contributed by atoms with Crippen molar-refractivity contribution in [2.45, 2.75) is 50.4 Å². The van der Waals surface area contributed by atoms with Crippen LogP contribution in [0.3, 0.4) is 0 Å². The van der Waals surface area contributed by atoms with E-state index in [1.54, 1.807) is 22.8 Å². The zero-order chi connectivity index (χ0) is 18.9. The number of rotatable bonds is 4. The Morgan fingerprint density at radius 3 is 2.69 bits per heavy atom. The molecule has 7 heteroatoms. The van der Waals surface area contributed by atoms with Crippen LogP contribution in [0.4, 0.5) is 0 Å². The Balaban J connectivity index is 1.67. The molecule has 1 aromatic heterocycles. The van der Waals surface area contributed by atoms with E-state index in [1.165, 1.54) is 11.8 Å². The maximum atomic E-state index is 12.5. The lowest BCUT2D eigenvalue weighted by atomic mass is 9.92. The molecule has 0 saturated carbocycles. The third-order valence-electron chi connectivity index (χ3n) is 4.28. The largest absolute Gasteiger partial charge is 0.352 e. The highest BCUT2D eigenvalue weighted by Gasteiger charge is 2.29. The molecule has 1 aromatic carbocycles. The number of amides is 1. The molecular formula is C19H22ClN3O2S. The summed E-state index contributed by atoms with van der Waals surface area (Å²) in [5, 5.41) is 4.28. The average Bonchev–Trinajstić information content (AvgIpc) is 2.97. The van der Waals surface area contributed by atoms with Gasteiger partial charge in [0, 0.05) is 35.2 Å². The summed E-state index contributed by atoms with van der Waals surface area (Å²) in [6.45, 7) is 6.55. The van der Waals surface area contributed by atoms with Crippen LogP contribution >= 0.6 is 23.4 Å². The van der Waals surface area contributed by atoms with Gasteiger partial charge in [0.25, 0.3) is 5.56 Å². The first kappa shape index (κ1) is 19.0. The van der Waals surface area contributed by atoms with Crippen LogP contribution in [0.1, 0.15) is 44.5 Å². The van der Waals surface area contributed by atoms with E-state index in [2.05, 4.69) is 10.3 Å². The van der Waals surface area contributed by atoms with Crippen molar-refractivity contribution in [3.63, 3.8) is 0 Å². The van der Waals surface area contributed by atoms with E-state index in [0.29, 0.717) is 22.5 Å². The van der Waals surface area contributed by atoms with Crippen molar-refractivity contribution in [1.82, 2.24) is 14.9 Å². The number of hydrogen-bond donors (Lipinski definition) is 1. The molecule has 26 heavy (non-hydrogen) atoms. The van der Waals surface area contributed by atoms with Crippen LogP contribution < -0.4 is 10.9 Å². The third kappa shape index (κ3) is 4.30. The van der Waals surface area contributed by atoms with Crippen LogP contribution in [0.2, 0.25) is 5.02 Å². The number of thioether (sulfide) groups is 1. The Kier molecular flexibility index (Phi) is 5.44. The number of nitrogens with zero attached hydrogens (tertiary/aromatic N) is 2. The molecule has 1 N–H and O–H groups in total. The summed E-state index contributed by atoms with van der Waals surface area (Å²) >= 11 is 7.40. The molecule has 1 amide bonds. The lowest BCUT2D eigenvalue weighted by molar-refractivity contribution is -0.121. The Morgan fingerprint density at radius 1 is 1.35 bits per heavy atom. The van der Waals surface area contributed by atoms with Gasteiger partial charge in [-0.1, -0.05) is 56.3 Å². The second kappa shape index (κ2) is 7.45. The molecule has 1 unspecified atom stereocenters. The van der Waals surface area contributed by atoms with E-state index in [9.17, 15) is 9.59 Å². The lowest BCUT2D eigenvalue weighted by Gasteiger charge is -2.19. The summed E-state index contributed by atoms with van der Waals surface area (Å²) in [6.07, 6.45) is 0.268. The average molecular weight is 392 g/mol. The molecule has 0 aliphatic carbocycles. The monoisotopic (exact) mass is 391 g/mol. The normalized spacial score (nSPS) is 16.4. The first-order chi connectivity index (χ1) is 12.2. The second-order valence-corrected chi connectivity index (χ2v) is 8.88. The van der Waals surface area contributed by atoms with Gasteiger partial charge in [-0.25, -0.2) is 4.98 Å². The maximum absolute atomic E-state index is 12.5. The highest BCUT2D eigenvalue weighted by atomic mass is 35.5. The molecule has 1 atom stereocenters. The van der Waals surface area contributed by atoms with Crippen molar-refractivity contribution in [2.24, 2.45) is 0 Å². The fraction of sp³-hybridized carbons (Fsp3) is 0.421. The minimum Gasteiger partial charge on any atom is -0.352 e. The molecule has 1 aliphatic heterocycles. The predicted octanol–water partition coefficient (Wildman–Crippen LogP) is 3.55. The van der Waals surface area contributed by atoms with Gasteiger partial charge in [0.1, 0.15) is 0 Å².